The van der Waals surface area contributed by atoms with Gasteiger partial charge >= 0.3 is 0 Å². The molecule has 170 valence electrons. The highest BCUT2D eigenvalue weighted by atomic mass is 127. The summed E-state index contributed by atoms with van der Waals surface area (Å²) < 4.78 is 6.67. The Morgan fingerprint density at radius 1 is 1.19 bits per heavy atom. The number of nitrogens with one attached hydrogen (secondary N) is 2. The fourth-order valence-electron chi connectivity index (χ4n) is 4.42. The molecule has 2 N–H and O–H groups in total. The fourth-order valence-corrected chi connectivity index (χ4v) is 5.50. The van der Waals surface area contributed by atoms with Gasteiger partial charge in [0.25, 0.3) is 0 Å². The van der Waals surface area contributed by atoms with Crippen LogP contribution in [0.3, 0.4) is 0 Å². The van der Waals surface area contributed by atoms with Crippen molar-refractivity contribution in [2.75, 3.05) is 34.8 Å². The zero-order chi connectivity index (χ0) is 22.4. The molecule has 2 fully saturated rings. The summed E-state index contributed by atoms with van der Waals surface area (Å²) in [6.45, 7) is 1.82. The van der Waals surface area contributed by atoms with Gasteiger partial charge in [0.1, 0.15) is 11.6 Å². The summed E-state index contributed by atoms with van der Waals surface area (Å²) in [4.78, 5) is 9.27. The van der Waals surface area contributed by atoms with Gasteiger partial charge in [-0.2, -0.15) is 5.26 Å². The minimum atomic E-state index is -0.405. The molecule has 3 heterocycles. The summed E-state index contributed by atoms with van der Waals surface area (Å²) >= 11 is 8.99. The third-order valence-corrected chi connectivity index (χ3v) is 8.14. The highest BCUT2D eigenvalue weighted by Gasteiger charge is 2.32. The molecule has 0 radical (unpaired) electrons. The maximum Gasteiger partial charge on any atom is 0.126 e. The molecule has 32 heavy (non-hydrogen) atoms. The average Bonchev–Trinajstić information content (AvgIpc) is 2.85. The normalized spacial score (nSPS) is 22.7. The van der Waals surface area contributed by atoms with E-state index >= 15 is 0 Å². The molecule has 1 saturated carbocycles. The number of nitrogens with zero attached hydrogens (tertiary/aromatic N) is 3. The van der Waals surface area contributed by atoms with Crippen molar-refractivity contribution in [3.8, 4) is 17.3 Å². The number of nitriles is 1. The van der Waals surface area contributed by atoms with Gasteiger partial charge in [-0.3, -0.25) is 0 Å². The minimum absolute atomic E-state index is 0.405. The molecule has 0 aromatic carbocycles. The summed E-state index contributed by atoms with van der Waals surface area (Å²) in [5, 5.41) is 17.2. The van der Waals surface area contributed by atoms with Gasteiger partial charge in [-0.1, -0.05) is 40.3 Å². The predicted octanol–water partition coefficient (Wildman–Crippen LogP) is 5.93. The van der Waals surface area contributed by atoms with Crippen LogP contribution < -0.4 is 10.6 Å². The predicted molar refractivity (Wildman–Crippen MR) is 137 cm³/mol. The Morgan fingerprint density at radius 3 is 2.69 bits per heavy atom. The van der Waals surface area contributed by atoms with Gasteiger partial charge in [-0.15, -0.1) is 0 Å². The van der Waals surface area contributed by atoms with Crippen LogP contribution in [0.5, 0.6) is 0 Å². The largest absolute Gasteiger partial charge is 0.381 e. The minimum Gasteiger partial charge on any atom is -0.381 e. The maximum atomic E-state index is 9.68. The molecule has 2 aliphatic rings. The molecular formula is C24H29ClIN5O. The van der Waals surface area contributed by atoms with Crippen molar-refractivity contribution in [3.63, 3.8) is 0 Å². The Morgan fingerprint density at radius 2 is 1.97 bits per heavy atom. The van der Waals surface area contributed by atoms with E-state index in [-0.39, 0.29) is 0 Å². The van der Waals surface area contributed by atoms with Crippen LogP contribution in [0.1, 0.15) is 38.5 Å². The highest BCUT2D eigenvalue weighted by Crippen LogP contribution is 2.33. The second-order valence-corrected chi connectivity index (χ2v) is 10.1. The highest BCUT2D eigenvalue weighted by molar-refractivity contribution is 14.1. The number of aromatic nitrogens is 2. The van der Waals surface area contributed by atoms with Gasteiger partial charge in [0.15, 0.2) is 0 Å². The van der Waals surface area contributed by atoms with Crippen LogP contribution in [-0.2, 0) is 4.74 Å². The van der Waals surface area contributed by atoms with Crippen molar-refractivity contribution in [3.05, 3.63) is 35.5 Å². The molecule has 0 spiro atoms. The average molecular weight is 566 g/mol. The van der Waals surface area contributed by atoms with Crippen LogP contribution in [0, 0.1) is 22.7 Å². The molecule has 1 aliphatic carbocycles. The van der Waals surface area contributed by atoms with Crippen molar-refractivity contribution in [1.29, 1.82) is 5.26 Å². The third kappa shape index (κ3) is 5.83. The number of pyridine rings is 2. The molecule has 8 heteroatoms. The van der Waals surface area contributed by atoms with Gasteiger partial charge in [0, 0.05) is 42.0 Å². The van der Waals surface area contributed by atoms with Crippen molar-refractivity contribution >= 4 is 45.8 Å². The van der Waals surface area contributed by atoms with E-state index in [0.717, 1.165) is 41.7 Å². The Hall–Kier alpha value is -1.63. The Bertz CT molecular complexity index is 952. The summed E-state index contributed by atoms with van der Waals surface area (Å²) in [6.07, 6.45) is 8.07. The van der Waals surface area contributed by atoms with E-state index in [1.54, 1.807) is 6.20 Å². The van der Waals surface area contributed by atoms with E-state index < -0.39 is 5.41 Å². The topological polar surface area (TPSA) is 82.9 Å². The summed E-state index contributed by atoms with van der Waals surface area (Å²) in [6, 6.07) is 10.8. The van der Waals surface area contributed by atoms with Crippen LogP contribution in [0.25, 0.3) is 11.3 Å². The standard InChI is InChI=1S/C24H29ClIN5O/c25-20-14-28-23(30-18-6-4-17(13-26)5-7-18)12-19(20)21-2-1-3-22(31-21)29-16-24(15-27)8-10-32-11-9-24/h1-3,12,14,17-18H,4-11,13,16H2,(H,28,30)(H,29,31). The maximum absolute atomic E-state index is 9.68. The number of alkyl halides is 1. The first-order chi connectivity index (χ1) is 15.6. The zero-order valence-electron chi connectivity index (χ0n) is 18.1. The SMILES string of the molecule is N#CC1(CNc2cccc(-c3cc(NC4CCC(CI)CC4)ncc3Cl)n2)CCOCC1. The Balaban J connectivity index is 1.45. The van der Waals surface area contributed by atoms with Crippen LogP contribution in [-0.4, -0.2) is 40.2 Å². The third-order valence-electron chi connectivity index (χ3n) is 6.59. The Labute approximate surface area is 208 Å². The number of anilines is 2. The second-order valence-electron chi connectivity index (χ2n) is 8.83. The van der Waals surface area contributed by atoms with E-state index in [4.69, 9.17) is 21.3 Å². The van der Waals surface area contributed by atoms with E-state index in [1.165, 1.54) is 30.1 Å². The van der Waals surface area contributed by atoms with E-state index in [9.17, 15) is 5.26 Å². The fraction of sp³-hybridized carbons (Fsp3) is 0.542. The van der Waals surface area contributed by atoms with Gasteiger partial charge in [0.05, 0.1) is 22.2 Å². The van der Waals surface area contributed by atoms with Crippen molar-refractivity contribution in [2.45, 2.75) is 44.6 Å². The smallest absolute Gasteiger partial charge is 0.126 e. The lowest BCUT2D eigenvalue weighted by atomic mass is 9.82. The van der Waals surface area contributed by atoms with Crippen molar-refractivity contribution in [2.24, 2.45) is 11.3 Å². The molecule has 1 saturated heterocycles. The van der Waals surface area contributed by atoms with Crippen LogP contribution in [0.15, 0.2) is 30.5 Å². The summed E-state index contributed by atoms with van der Waals surface area (Å²) in [7, 11) is 0. The molecule has 0 amide bonds. The number of halogens is 2. The van der Waals surface area contributed by atoms with Crippen molar-refractivity contribution < 1.29 is 4.74 Å². The number of ether oxygens (including phenoxy) is 1. The zero-order valence-corrected chi connectivity index (χ0v) is 21.0. The molecule has 2 aromatic heterocycles. The first-order valence-corrected chi connectivity index (χ1v) is 13.2. The summed E-state index contributed by atoms with van der Waals surface area (Å²) in [5.74, 6) is 2.43. The van der Waals surface area contributed by atoms with E-state index in [1.807, 2.05) is 24.3 Å². The van der Waals surface area contributed by atoms with Gasteiger partial charge in [-0.25, -0.2) is 9.97 Å². The molecular weight excluding hydrogens is 537 g/mol. The number of rotatable bonds is 7. The van der Waals surface area contributed by atoms with Crippen LogP contribution in [0.2, 0.25) is 5.02 Å². The molecule has 6 nitrogen and oxygen atoms in total. The quantitative estimate of drug-likeness (QED) is 0.320. The number of hydrogen-bond donors (Lipinski definition) is 2. The van der Waals surface area contributed by atoms with Crippen LogP contribution in [0.4, 0.5) is 11.6 Å². The van der Waals surface area contributed by atoms with E-state index in [0.29, 0.717) is 30.8 Å². The van der Waals surface area contributed by atoms with Crippen LogP contribution >= 0.6 is 34.2 Å². The second kappa shape index (κ2) is 11.0. The molecule has 0 bridgehead atoms. The monoisotopic (exact) mass is 565 g/mol. The lowest BCUT2D eigenvalue weighted by Crippen LogP contribution is -2.34. The lowest BCUT2D eigenvalue weighted by Gasteiger charge is -2.30. The Kier molecular flexibility index (Phi) is 8.08. The lowest BCUT2D eigenvalue weighted by molar-refractivity contribution is 0.0455. The van der Waals surface area contributed by atoms with Gasteiger partial charge in [0.2, 0.25) is 0 Å². The first kappa shape index (κ1) is 23.5. The molecule has 0 unspecified atom stereocenters. The molecule has 2 aromatic rings. The molecule has 4 rings (SSSR count). The van der Waals surface area contributed by atoms with Crippen molar-refractivity contribution in [1.82, 2.24) is 9.97 Å². The molecule has 1 aliphatic heterocycles. The van der Waals surface area contributed by atoms with Gasteiger partial charge in [-0.05, 0) is 62.6 Å². The van der Waals surface area contributed by atoms with Gasteiger partial charge < -0.3 is 15.4 Å². The first-order valence-electron chi connectivity index (χ1n) is 11.3. The molecule has 0 atom stereocenters. The summed E-state index contributed by atoms with van der Waals surface area (Å²) in [5.41, 5.74) is 1.24. The van der Waals surface area contributed by atoms with E-state index in [2.05, 4.69) is 44.3 Å². The number of hydrogen-bond acceptors (Lipinski definition) is 6.